The third-order valence-electron chi connectivity index (χ3n) is 4.21. The van der Waals surface area contributed by atoms with Gasteiger partial charge in [-0.15, -0.1) is 0 Å². The van der Waals surface area contributed by atoms with Gasteiger partial charge in [-0.2, -0.15) is 13.2 Å². The van der Waals surface area contributed by atoms with Crippen molar-refractivity contribution in [3.8, 4) is 5.75 Å². The summed E-state index contributed by atoms with van der Waals surface area (Å²) in [5.74, 6) is -0.532. The fraction of sp³-hybridized carbons (Fsp3) is 0.238. The Bertz CT molecular complexity index is 964. The number of anilines is 1. The van der Waals surface area contributed by atoms with Gasteiger partial charge in [0.15, 0.2) is 0 Å². The van der Waals surface area contributed by atoms with E-state index in [1.165, 1.54) is 0 Å². The van der Waals surface area contributed by atoms with Crippen molar-refractivity contribution in [2.24, 2.45) is 5.92 Å². The predicted molar refractivity (Wildman–Crippen MR) is 103 cm³/mol. The van der Waals surface area contributed by atoms with Crippen LogP contribution in [0.1, 0.15) is 25.0 Å². The first-order valence-electron chi connectivity index (χ1n) is 8.78. The Hall–Kier alpha value is -2.80. The van der Waals surface area contributed by atoms with E-state index in [1.807, 2.05) is 13.8 Å². The van der Waals surface area contributed by atoms with E-state index in [4.69, 9.17) is 16.3 Å². The van der Waals surface area contributed by atoms with Gasteiger partial charge in [-0.25, -0.2) is 4.90 Å². The molecule has 2 aromatic rings. The SMILES string of the molecule is CC(C)COc1ccc(C2=C(Cl)C(=O)N(c3ccc(C(F)(F)F)cc3)C2=O)cc1. The van der Waals surface area contributed by atoms with Crippen LogP contribution in [0.5, 0.6) is 5.75 Å². The molecule has 8 heteroatoms. The molecule has 0 atom stereocenters. The smallest absolute Gasteiger partial charge is 0.416 e. The number of imide groups is 1. The Labute approximate surface area is 170 Å². The highest BCUT2D eigenvalue weighted by molar-refractivity contribution is 6.60. The number of nitrogens with zero attached hydrogens (tertiary/aromatic N) is 1. The fourth-order valence-corrected chi connectivity index (χ4v) is 3.04. The Morgan fingerprint density at radius 3 is 2.07 bits per heavy atom. The van der Waals surface area contributed by atoms with E-state index in [0.717, 1.165) is 29.2 Å². The number of carbonyl (C=O) groups is 2. The highest BCUT2D eigenvalue weighted by atomic mass is 35.5. The number of hydrogen-bond acceptors (Lipinski definition) is 3. The zero-order valence-corrected chi connectivity index (χ0v) is 16.3. The molecule has 0 radical (unpaired) electrons. The molecule has 4 nitrogen and oxygen atoms in total. The largest absolute Gasteiger partial charge is 0.493 e. The molecule has 0 aromatic heterocycles. The fourth-order valence-electron chi connectivity index (χ4n) is 2.77. The molecule has 0 aliphatic carbocycles. The third-order valence-corrected chi connectivity index (χ3v) is 4.56. The van der Waals surface area contributed by atoms with E-state index in [2.05, 4.69) is 0 Å². The number of hydrogen-bond donors (Lipinski definition) is 0. The molecule has 2 aromatic carbocycles. The molecular formula is C21H17ClF3NO3. The van der Waals surface area contributed by atoms with Crippen LogP contribution in [0.2, 0.25) is 0 Å². The van der Waals surface area contributed by atoms with E-state index in [9.17, 15) is 22.8 Å². The monoisotopic (exact) mass is 423 g/mol. The highest BCUT2D eigenvalue weighted by Gasteiger charge is 2.39. The number of amides is 2. The molecule has 0 saturated heterocycles. The number of rotatable bonds is 5. The van der Waals surface area contributed by atoms with Gasteiger partial charge < -0.3 is 4.74 Å². The van der Waals surface area contributed by atoms with Gasteiger partial charge in [0, 0.05) is 0 Å². The maximum atomic E-state index is 12.8. The van der Waals surface area contributed by atoms with E-state index in [1.54, 1.807) is 24.3 Å². The lowest BCUT2D eigenvalue weighted by molar-refractivity contribution is -0.137. The van der Waals surface area contributed by atoms with Gasteiger partial charge in [0.2, 0.25) is 0 Å². The molecule has 3 rings (SSSR count). The van der Waals surface area contributed by atoms with Crippen LogP contribution >= 0.6 is 11.6 Å². The molecule has 2 amide bonds. The summed E-state index contributed by atoms with van der Waals surface area (Å²) in [4.78, 5) is 26.1. The molecule has 1 aliphatic heterocycles. The molecule has 1 aliphatic rings. The van der Waals surface area contributed by atoms with Crippen LogP contribution < -0.4 is 9.64 Å². The van der Waals surface area contributed by atoms with Crippen LogP contribution in [0.4, 0.5) is 18.9 Å². The molecule has 0 saturated carbocycles. The number of benzene rings is 2. The molecule has 0 fully saturated rings. The minimum atomic E-state index is -4.52. The van der Waals surface area contributed by atoms with E-state index >= 15 is 0 Å². The van der Waals surface area contributed by atoms with Crippen LogP contribution in [0, 0.1) is 5.92 Å². The number of carbonyl (C=O) groups excluding carboxylic acids is 2. The summed E-state index contributed by atoms with van der Waals surface area (Å²) in [5.41, 5.74) is -0.457. The van der Waals surface area contributed by atoms with Crippen molar-refractivity contribution >= 4 is 34.7 Å². The average Bonchev–Trinajstić information content (AvgIpc) is 2.89. The van der Waals surface area contributed by atoms with Gasteiger partial charge in [-0.3, -0.25) is 9.59 Å². The molecule has 152 valence electrons. The first-order valence-corrected chi connectivity index (χ1v) is 9.16. The van der Waals surface area contributed by atoms with E-state index < -0.39 is 23.6 Å². The van der Waals surface area contributed by atoms with Crippen LogP contribution in [0.3, 0.4) is 0 Å². The molecular weight excluding hydrogens is 407 g/mol. The number of ether oxygens (including phenoxy) is 1. The summed E-state index contributed by atoms with van der Waals surface area (Å²) >= 11 is 6.11. The summed E-state index contributed by atoms with van der Waals surface area (Å²) in [6.45, 7) is 4.55. The molecule has 29 heavy (non-hydrogen) atoms. The third kappa shape index (κ3) is 4.29. The Kier molecular flexibility index (Phi) is 5.71. The normalized spacial score (nSPS) is 14.9. The zero-order valence-electron chi connectivity index (χ0n) is 15.6. The second-order valence-electron chi connectivity index (χ2n) is 6.91. The Balaban J connectivity index is 1.85. The van der Waals surface area contributed by atoms with Gasteiger partial charge in [0.05, 0.1) is 23.4 Å². The minimum absolute atomic E-state index is 0.00743. The lowest BCUT2D eigenvalue weighted by Crippen LogP contribution is -2.31. The van der Waals surface area contributed by atoms with Crippen molar-refractivity contribution in [1.29, 1.82) is 0 Å². The summed E-state index contributed by atoms with van der Waals surface area (Å²) in [6, 6.07) is 10.3. The Morgan fingerprint density at radius 2 is 1.55 bits per heavy atom. The zero-order chi connectivity index (χ0) is 21.3. The summed E-state index contributed by atoms with van der Waals surface area (Å²) < 4.78 is 43.8. The molecule has 0 unspecified atom stereocenters. The molecule has 1 heterocycles. The van der Waals surface area contributed by atoms with Gasteiger partial charge in [-0.05, 0) is 47.9 Å². The van der Waals surface area contributed by atoms with Crippen molar-refractivity contribution in [1.82, 2.24) is 0 Å². The maximum Gasteiger partial charge on any atom is 0.416 e. The Morgan fingerprint density at radius 1 is 0.966 bits per heavy atom. The topological polar surface area (TPSA) is 46.6 Å². The lowest BCUT2D eigenvalue weighted by atomic mass is 10.1. The number of halogens is 4. The van der Waals surface area contributed by atoms with Gasteiger partial charge in [0.1, 0.15) is 10.8 Å². The van der Waals surface area contributed by atoms with Crippen molar-refractivity contribution in [3.05, 3.63) is 64.7 Å². The first kappa shape index (κ1) is 20.9. The van der Waals surface area contributed by atoms with E-state index in [0.29, 0.717) is 23.8 Å². The standard InChI is InChI=1S/C21H17ClF3NO3/c1-12(2)11-29-16-9-3-13(4-10-16)17-18(22)20(28)26(19(17)27)15-7-5-14(6-8-15)21(23,24)25/h3-10,12H,11H2,1-2H3. The first-order chi connectivity index (χ1) is 13.6. The van der Waals surface area contributed by atoms with Gasteiger partial charge in [0.25, 0.3) is 11.8 Å². The summed E-state index contributed by atoms with van der Waals surface area (Å²) in [5, 5.41) is -0.286. The molecule has 0 spiro atoms. The van der Waals surface area contributed by atoms with Crippen LogP contribution in [0.25, 0.3) is 5.57 Å². The molecule has 0 N–H and O–H groups in total. The minimum Gasteiger partial charge on any atom is -0.493 e. The van der Waals surface area contributed by atoms with Crippen molar-refractivity contribution < 1.29 is 27.5 Å². The van der Waals surface area contributed by atoms with Gasteiger partial charge in [-0.1, -0.05) is 37.6 Å². The number of alkyl halides is 3. The van der Waals surface area contributed by atoms with Crippen molar-refractivity contribution in [2.45, 2.75) is 20.0 Å². The van der Waals surface area contributed by atoms with Gasteiger partial charge >= 0.3 is 6.18 Å². The van der Waals surface area contributed by atoms with E-state index in [-0.39, 0.29) is 16.3 Å². The predicted octanol–water partition coefficient (Wildman–Crippen LogP) is 5.26. The van der Waals surface area contributed by atoms with Crippen molar-refractivity contribution in [2.75, 3.05) is 11.5 Å². The van der Waals surface area contributed by atoms with Crippen LogP contribution in [0.15, 0.2) is 53.6 Å². The summed E-state index contributed by atoms with van der Waals surface area (Å²) in [7, 11) is 0. The van der Waals surface area contributed by atoms with Crippen LogP contribution in [-0.4, -0.2) is 18.4 Å². The summed E-state index contributed by atoms with van der Waals surface area (Å²) in [6.07, 6.45) is -4.52. The second-order valence-corrected chi connectivity index (χ2v) is 7.29. The average molecular weight is 424 g/mol. The van der Waals surface area contributed by atoms with Crippen molar-refractivity contribution in [3.63, 3.8) is 0 Å². The quantitative estimate of drug-likeness (QED) is 0.616. The maximum absolute atomic E-state index is 12.8. The second kappa shape index (κ2) is 7.91. The lowest BCUT2D eigenvalue weighted by Gasteiger charge is -2.16. The highest BCUT2D eigenvalue weighted by Crippen LogP contribution is 2.37. The van der Waals surface area contributed by atoms with Crippen LogP contribution in [-0.2, 0) is 15.8 Å². The molecule has 0 bridgehead atoms.